The van der Waals surface area contributed by atoms with Crippen molar-refractivity contribution in [3.05, 3.63) is 0 Å². The van der Waals surface area contributed by atoms with Gasteiger partial charge in [-0.3, -0.25) is 4.79 Å². The van der Waals surface area contributed by atoms with E-state index in [0.29, 0.717) is 35.8 Å². The number of ether oxygens (including phenoxy) is 2. The molecule has 1 saturated heterocycles. The topological polar surface area (TPSA) is 35.5 Å². The summed E-state index contributed by atoms with van der Waals surface area (Å²) in [5, 5.41) is 0.349. The molecule has 0 aromatic rings. The second-order valence-electron chi connectivity index (χ2n) is 4.62. The molecule has 0 atom stereocenters. The van der Waals surface area contributed by atoms with Crippen LogP contribution in [0.5, 0.6) is 0 Å². The van der Waals surface area contributed by atoms with Crippen LogP contribution in [0.25, 0.3) is 0 Å². The fourth-order valence-corrected chi connectivity index (χ4v) is 5.04. The highest BCUT2D eigenvalue weighted by Crippen LogP contribution is 2.16. The molecule has 18 heavy (non-hydrogen) atoms. The highest BCUT2D eigenvalue weighted by molar-refractivity contribution is 8.15. The predicted molar refractivity (Wildman–Crippen MR) is 80.6 cm³/mol. The molecular weight excluding hydrogens is 268 g/mol. The lowest BCUT2D eigenvalue weighted by molar-refractivity contribution is -0.108. The number of rotatable bonds is 9. The quantitative estimate of drug-likeness (QED) is 0.482. The molecule has 106 valence electrons. The van der Waals surface area contributed by atoms with Crippen LogP contribution in [0.15, 0.2) is 0 Å². The van der Waals surface area contributed by atoms with Crippen molar-refractivity contribution in [2.45, 2.75) is 32.8 Å². The van der Waals surface area contributed by atoms with E-state index in [1.807, 2.05) is 13.8 Å². The Kier molecular flexibility index (Phi) is 9.19. The first-order valence-electron chi connectivity index (χ1n) is 6.67. The average Bonchev–Trinajstić information content (AvgIpc) is 2.80. The summed E-state index contributed by atoms with van der Waals surface area (Å²) in [7, 11) is 0.396. The van der Waals surface area contributed by atoms with Crippen molar-refractivity contribution in [3.63, 3.8) is 0 Å². The second-order valence-corrected chi connectivity index (χ2v) is 8.11. The molecule has 5 heteroatoms. The SMILES string of the molecule is CC(C)OCCOCCSC(=O)C[S+]1CCCC1. The van der Waals surface area contributed by atoms with Gasteiger partial charge in [0.15, 0.2) is 5.75 Å². The molecule has 3 nitrogen and oxygen atoms in total. The zero-order valence-corrected chi connectivity index (χ0v) is 13.1. The average molecular weight is 293 g/mol. The van der Waals surface area contributed by atoms with Crippen molar-refractivity contribution in [1.29, 1.82) is 0 Å². The highest BCUT2D eigenvalue weighted by Gasteiger charge is 2.26. The van der Waals surface area contributed by atoms with E-state index in [-0.39, 0.29) is 6.10 Å². The van der Waals surface area contributed by atoms with Crippen molar-refractivity contribution in [1.82, 2.24) is 0 Å². The van der Waals surface area contributed by atoms with E-state index in [0.717, 1.165) is 11.5 Å². The molecule has 1 aliphatic rings. The molecular formula is C13H25O3S2+. The minimum absolute atomic E-state index is 0.261. The Morgan fingerprint density at radius 2 is 1.94 bits per heavy atom. The lowest BCUT2D eigenvalue weighted by atomic mass is 10.4. The van der Waals surface area contributed by atoms with Gasteiger partial charge in [-0.1, -0.05) is 11.8 Å². The third kappa shape index (κ3) is 8.40. The summed E-state index contributed by atoms with van der Waals surface area (Å²) in [6, 6.07) is 0. The van der Waals surface area contributed by atoms with Gasteiger partial charge in [0.1, 0.15) is 11.5 Å². The summed E-state index contributed by atoms with van der Waals surface area (Å²) in [6.07, 6.45) is 2.90. The molecule has 1 fully saturated rings. The molecule has 0 aromatic carbocycles. The molecule has 1 rings (SSSR count). The van der Waals surface area contributed by atoms with E-state index in [2.05, 4.69) is 0 Å². The summed E-state index contributed by atoms with van der Waals surface area (Å²) in [4.78, 5) is 11.7. The zero-order chi connectivity index (χ0) is 13.2. The van der Waals surface area contributed by atoms with E-state index >= 15 is 0 Å². The van der Waals surface area contributed by atoms with Crippen LogP contribution in [0.2, 0.25) is 0 Å². The Hall–Kier alpha value is 0.290. The fourth-order valence-electron chi connectivity index (χ4n) is 1.73. The molecule has 1 heterocycles. The van der Waals surface area contributed by atoms with Gasteiger partial charge in [0.2, 0.25) is 5.12 Å². The smallest absolute Gasteiger partial charge is 0.238 e. The van der Waals surface area contributed by atoms with E-state index < -0.39 is 0 Å². The van der Waals surface area contributed by atoms with Gasteiger partial charge in [-0.05, 0) is 37.6 Å². The Labute approximate surface area is 118 Å². The Balaban J connectivity index is 1.86. The number of carbonyl (C=O) groups excluding carboxylic acids is 1. The number of hydrogen-bond donors (Lipinski definition) is 0. The number of thioether (sulfide) groups is 1. The first kappa shape index (κ1) is 16.3. The standard InChI is InChI=1S/C13H25O3S2/c1-12(2)16-6-5-15-7-8-17-13(14)11-18-9-3-4-10-18/h12H,3-11H2,1-2H3/q+1. The number of carbonyl (C=O) groups is 1. The first-order chi connectivity index (χ1) is 8.68. The summed E-state index contributed by atoms with van der Waals surface area (Å²) in [5.74, 6) is 4.11. The normalized spacial score (nSPS) is 16.6. The van der Waals surface area contributed by atoms with Crippen LogP contribution < -0.4 is 0 Å². The molecule has 0 unspecified atom stereocenters. The molecule has 0 aromatic heterocycles. The van der Waals surface area contributed by atoms with Crippen LogP contribution in [-0.4, -0.2) is 54.1 Å². The molecule has 0 saturated carbocycles. The summed E-state index contributed by atoms with van der Waals surface area (Å²) in [5.41, 5.74) is 0. The van der Waals surface area contributed by atoms with Gasteiger partial charge in [-0.2, -0.15) is 0 Å². The van der Waals surface area contributed by atoms with Crippen LogP contribution in [0.4, 0.5) is 0 Å². The van der Waals surface area contributed by atoms with Crippen molar-refractivity contribution in [3.8, 4) is 0 Å². The van der Waals surface area contributed by atoms with Crippen LogP contribution in [0.3, 0.4) is 0 Å². The molecule has 0 spiro atoms. The summed E-state index contributed by atoms with van der Waals surface area (Å²) < 4.78 is 10.8. The lowest BCUT2D eigenvalue weighted by Crippen LogP contribution is -2.16. The predicted octanol–water partition coefficient (Wildman–Crippen LogP) is 2.10. The molecule has 0 amide bonds. The third-order valence-corrected chi connectivity index (χ3v) is 6.03. The van der Waals surface area contributed by atoms with Crippen LogP contribution in [0.1, 0.15) is 26.7 Å². The Bertz CT molecular complexity index is 228. The van der Waals surface area contributed by atoms with Gasteiger partial charge in [0.25, 0.3) is 0 Å². The second kappa shape index (κ2) is 10.1. The Morgan fingerprint density at radius 1 is 1.22 bits per heavy atom. The van der Waals surface area contributed by atoms with E-state index in [9.17, 15) is 4.79 Å². The van der Waals surface area contributed by atoms with Crippen LogP contribution in [-0.2, 0) is 25.2 Å². The third-order valence-electron chi connectivity index (χ3n) is 2.61. The Morgan fingerprint density at radius 3 is 2.61 bits per heavy atom. The van der Waals surface area contributed by atoms with Gasteiger partial charge in [-0.15, -0.1) is 0 Å². The summed E-state index contributed by atoms with van der Waals surface area (Å²) >= 11 is 1.43. The van der Waals surface area contributed by atoms with E-state index in [4.69, 9.17) is 9.47 Å². The summed E-state index contributed by atoms with van der Waals surface area (Å²) in [6.45, 7) is 5.93. The fraction of sp³-hybridized carbons (Fsp3) is 0.923. The van der Waals surface area contributed by atoms with Crippen LogP contribution >= 0.6 is 11.8 Å². The van der Waals surface area contributed by atoms with E-state index in [1.165, 1.54) is 36.1 Å². The maximum Gasteiger partial charge on any atom is 0.238 e. The molecule has 0 bridgehead atoms. The first-order valence-corrected chi connectivity index (χ1v) is 9.39. The minimum Gasteiger partial charge on any atom is -0.378 e. The maximum absolute atomic E-state index is 11.7. The van der Waals surface area contributed by atoms with Crippen molar-refractivity contribution in [2.24, 2.45) is 0 Å². The van der Waals surface area contributed by atoms with Crippen LogP contribution in [0, 0.1) is 0 Å². The van der Waals surface area contributed by atoms with Gasteiger partial charge in [-0.25, -0.2) is 0 Å². The van der Waals surface area contributed by atoms with Crippen molar-refractivity contribution in [2.75, 3.05) is 42.8 Å². The molecule has 0 radical (unpaired) electrons. The highest BCUT2D eigenvalue weighted by atomic mass is 32.2. The van der Waals surface area contributed by atoms with Gasteiger partial charge in [0, 0.05) is 5.75 Å². The zero-order valence-electron chi connectivity index (χ0n) is 11.5. The molecule has 0 aliphatic carbocycles. The van der Waals surface area contributed by atoms with E-state index in [1.54, 1.807) is 0 Å². The van der Waals surface area contributed by atoms with Gasteiger partial charge >= 0.3 is 0 Å². The largest absolute Gasteiger partial charge is 0.378 e. The molecule has 1 aliphatic heterocycles. The maximum atomic E-state index is 11.7. The van der Waals surface area contributed by atoms with Gasteiger partial charge in [0.05, 0.1) is 25.9 Å². The molecule has 0 N–H and O–H groups in total. The van der Waals surface area contributed by atoms with Crippen molar-refractivity contribution < 1.29 is 14.3 Å². The van der Waals surface area contributed by atoms with Crippen molar-refractivity contribution >= 4 is 27.8 Å². The number of hydrogen-bond acceptors (Lipinski definition) is 4. The lowest BCUT2D eigenvalue weighted by Gasteiger charge is -2.07. The monoisotopic (exact) mass is 293 g/mol. The minimum atomic E-state index is 0.261. The van der Waals surface area contributed by atoms with Gasteiger partial charge < -0.3 is 9.47 Å².